The Kier molecular flexibility index (Phi) is 5.62. The molecule has 1 aromatic heterocycles. The molecule has 0 fully saturated rings. The van der Waals surface area contributed by atoms with Gasteiger partial charge in [-0.05, 0) is 43.2 Å². The first kappa shape index (κ1) is 20.6. The smallest absolute Gasteiger partial charge is 0.339 e. The van der Waals surface area contributed by atoms with Crippen molar-refractivity contribution in [1.82, 2.24) is 0 Å². The van der Waals surface area contributed by atoms with Crippen molar-refractivity contribution in [3.8, 4) is 17.2 Å². The Balaban J connectivity index is 1.60. The number of fused-ring (bicyclic) bond motifs is 3. The predicted octanol–water partition coefficient (Wildman–Crippen LogP) is 3.06. The molecule has 0 bridgehead atoms. The zero-order chi connectivity index (χ0) is 21.4. The van der Waals surface area contributed by atoms with Crippen molar-refractivity contribution in [2.45, 2.75) is 26.8 Å². The molecule has 0 radical (unpaired) electrons. The standard InChI is InChI=1S/C23H24ClNO5/c1-13-14(2)23(26)30-21-16(13)10-18(24)22-17(21)11-25(12-29-22)8-7-15-5-6-19(27-3)20(9-15)28-4/h5-6,9-10H,7-8,11-12H2,1-4H3/p+1. The van der Waals surface area contributed by atoms with E-state index in [0.717, 1.165) is 40.8 Å². The van der Waals surface area contributed by atoms with E-state index in [0.29, 0.717) is 40.9 Å². The first-order valence-electron chi connectivity index (χ1n) is 9.85. The third-order valence-electron chi connectivity index (χ3n) is 5.81. The van der Waals surface area contributed by atoms with Crippen LogP contribution in [0.25, 0.3) is 11.0 Å². The second-order valence-electron chi connectivity index (χ2n) is 7.59. The first-order chi connectivity index (χ1) is 14.4. The first-order valence-corrected chi connectivity index (χ1v) is 10.2. The average Bonchev–Trinajstić information content (AvgIpc) is 2.76. The lowest BCUT2D eigenvalue weighted by atomic mass is 10.0. The van der Waals surface area contributed by atoms with Gasteiger partial charge in [0, 0.05) is 17.4 Å². The van der Waals surface area contributed by atoms with Gasteiger partial charge in [0.1, 0.15) is 6.54 Å². The van der Waals surface area contributed by atoms with Crippen LogP contribution in [0, 0.1) is 13.8 Å². The van der Waals surface area contributed by atoms with Crippen molar-refractivity contribution in [2.24, 2.45) is 0 Å². The second-order valence-corrected chi connectivity index (χ2v) is 7.99. The van der Waals surface area contributed by atoms with E-state index in [9.17, 15) is 4.79 Å². The molecule has 0 aliphatic carbocycles. The maximum absolute atomic E-state index is 12.3. The van der Waals surface area contributed by atoms with E-state index in [1.165, 1.54) is 4.90 Å². The summed E-state index contributed by atoms with van der Waals surface area (Å²) < 4.78 is 22.3. The minimum Gasteiger partial charge on any atom is -0.493 e. The summed E-state index contributed by atoms with van der Waals surface area (Å²) in [6.07, 6.45) is 0.842. The number of hydrogen-bond donors (Lipinski definition) is 1. The van der Waals surface area contributed by atoms with Crippen LogP contribution >= 0.6 is 11.6 Å². The maximum atomic E-state index is 12.3. The normalized spacial score (nSPS) is 15.6. The molecule has 6 nitrogen and oxygen atoms in total. The fraction of sp³-hybridized carbons (Fsp3) is 0.348. The van der Waals surface area contributed by atoms with Crippen LogP contribution in [0.15, 0.2) is 33.5 Å². The molecule has 0 amide bonds. The van der Waals surface area contributed by atoms with Gasteiger partial charge in [0.05, 0.1) is 31.4 Å². The Morgan fingerprint density at radius 3 is 2.60 bits per heavy atom. The highest BCUT2D eigenvalue weighted by Gasteiger charge is 2.27. The molecule has 1 aliphatic rings. The van der Waals surface area contributed by atoms with Crippen LogP contribution in [0.3, 0.4) is 0 Å². The van der Waals surface area contributed by atoms with Gasteiger partial charge in [-0.1, -0.05) is 17.7 Å². The topological polar surface area (TPSA) is 62.3 Å². The predicted molar refractivity (Wildman–Crippen MR) is 115 cm³/mol. The highest BCUT2D eigenvalue weighted by molar-refractivity contribution is 6.33. The minimum absolute atomic E-state index is 0.318. The molecule has 4 rings (SSSR count). The van der Waals surface area contributed by atoms with Crippen molar-refractivity contribution >= 4 is 22.6 Å². The molecule has 1 N–H and O–H groups in total. The van der Waals surface area contributed by atoms with E-state index in [-0.39, 0.29) is 5.63 Å². The zero-order valence-electron chi connectivity index (χ0n) is 17.6. The number of aryl methyl sites for hydroxylation is 1. The van der Waals surface area contributed by atoms with Crippen molar-refractivity contribution in [3.05, 3.63) is 62.0 Å². The summed E-state index contributed by atoms with van der Waals surface area (Å²) in [4.78, 5) is 13.5. The molecule has 3 aromatic rings. The fourth-order valence-corrected chi connectivity index (χ4v) is 4.17. The van der Waals surface area contributed by atoms with E-state index in [4.69, 9.17) is 30.2 Å². The summed E-state index contributed by atoms with van der Waals surface area (Å²) in [6.45, 7) is 5.71. The number of rotatable bonds is 5. The van der Waals surface area contributed by atoms with Gasteiger partial charge < -0.3 is 18.6 Å². The number of methoxy groups -OCH3 is 2. The Morgan fingerprint density at radius 2 is 1.87 bits per heavy atom. The number of ether oxygens (including phenoxy) is 3. The number of halogens is 1. The molecule has 1 unspecified atom stereocenters. The van der Waals surface area contributed by atoms with E-state index in [2.05, 4.69) is 0 Å². The molecule has 2 heterocycles. The van der Waals surface area contributed by atoms with Gasteiger partial charge in [-0.15, -0.1) is 0 Å². The van der Waals surface area contributed by atoms with Crippen molar-refractivity contribution in [3.63, 3.8) is 0 Å². The maximum Gasteiger partial charge on any atom is 0.339 e. The monoisotopic (exact) mass is 430 g/mol. The largest absolute Gasteiger partial charge is 0.493 e. The van der Waals surface area contributed by atoms with Crippen LogP contribution in [-0.2, 0) is 13.0 Å². The van der Waals surface area contributed by atoms with E-state index in [1.54, 1.807) is 21.1 Å². The molecule has 1 aliphatic heterocycles. The van der Waals surface area contributed by atoms with Crippen LogP contribution in [0.1, 0.15) is 22.3 Å². The number of benzene rings is 2. The Morgan fingerprint density at radius 1 is 1.10 bits per heavy atom. The third-order valence-corrected chi connectivity index (χ3v) is 6.09. The Bertz CT molecular complexity index is 1170. The van der Waals surface area contributed by atoms with Gasteiger partial charge in [-0.2, -0.15) is 0 Å². The highest BCUT2D eigenvalue weighted by atomic mass is 35.5. The lowest BCUT2D eigenvalue weighted by molar-refractivity contribution is -0.932. The minimum atomic E-state index is -0.318. The van der Waals surface area contributed by atoms with Gasteiger partial charge in [-0.3, -0.25) is 4.90 Å². The second kappa shape index (κ2) is 8.20. The van der Waals surface area contributed by atoms with Crippen LogP contribution in [-0.4, -0.2) is 27.5 Å². The van der Waals surface area contributed by atoms with E-state index >= 15 is 0 Å². The van der Waals surface area contributed by atoms with E-state index in [1.807, 2.05) is 31.2 Å². The summed E-state index contributed by atoms with van der Waals surface area (Å²) in [5.41, 5.74) is 3.76. The highest BCUT2D eigenvalue weighted by Crippen LogP contribution is 2.37. The summed E-state index contributed by atoms with van der Waals surface area (Å²) in [5.74, 6) is 2.05. The van der Waals surface area contributed by atoms with E-state index < -0.39 is 0 Å². The molecular weight excluding hydrogens is 406 g/mol. The van der Waals surface area contributed by atoms with Crippen molar-refractivity contribution in [2.75, 3.05) is 27.5 Å². The average molecular weight is 431 g/mol. The van der Waals surface area contributed by atoms with Crippen molar-refractivity contribution < 1.29 is 23.5 Å². The number of hydrogen-bond acceptors (Lipinski definition) is 5. The van der Waals surface area contributed by atoms with Gasteiger partial charge >= 0.3 is 5.63 Å². The quantitative estimate of drug-likeness (QED) is 0.630. The third kappa shape index (κ3) is 3.61. The van der Waals surface area contributed by atoms with Gasteiger partial charge in [0.25, 0.3) is 0 Å². The molecule has 0 saturated carbocycles. The summed E-state index contributed by atoms with van der Waals surface area (Å²) in [5, 5.41) is 1.41. The molecule has 7 heteroatoms. The lowest BCUT2D eigenvalue weighted by Gasteiger charge is -2.27. The van der Waals surface area contributed by atoms with Crippen LogP contribution < -0.4 is 24.7 Å². The zero-order valence-corrected chi connectivity index (χ0v) is 18.3. The molecular formula is C23H25ClNO5+. The van der Waals surface area contributed by atoms with Gasteiger partial charge in [0.2, 0.25) is 6.73 Å². The van der Waals surface area contributed by atoms with Gasteiger partial charge in [0.15, 0.2) is 22.8 Å². The molecule has 30 heavy (non-hydrogen) atoms. The summed E-state index contributed by atoms with van der Waals surface area (Å²) in [7, 11) is 3.26. The van der Waals surface area contributed by atoms with Crippen molar-refractivity contribution in [1.29, 1.82) is 0 Å². The molecule has 158 valence electrons. The van der Waals surface area contributed by atoms with Crippen LogP contribution in [0.2, 0.25) is 5.02 Å². The van der Waals surface area contributed by atoms with Gasteiger partial charge in [-0.25, -0.2) is 4.79 Å². The Labute approximate surface area is 179 Å². The number of nitrogens with one attached hydrogen (secondary N) is 1. The lowest BCUT2D eigenvalue weighted by Crippen LogP contribution is -3.12. The van der Waals surface area contributed by atoms with Crippen LogP contribution in [0.5, 0.6) is 17.2 Å². The molecule has 0 spiro atoms. The number of quaternary nitrogens is 1. The molecule has 1 atom stereocenters. The SMILES string of the molecule is COc1ccc(CC[NH+]2COc3c(Cl)cc4c(C)c(C)c(=O)oc4c3C2)cc1OC. The Hall–Kier alpha value is -2.70. The summed E-state index contributed by atoms with van der Waals surface area (Å²) >= 11 is 6.49. The molecule has 0 saturated heterocycles. The summed E-state index contributed by atoms with van der Waals surface area (Å²) in [6, 6.07) is 7.78. The fourth-order valence-electron chi connectivity index (χ4n) is 3.90. The molecule has 2 aromatic carbocycles. The van der Waals surface area contributed by atoms with Crippen LogP contribution in [0.4, 0.5) is 0 Å².